The number of nitrogens with two attached hydrogens (primary N) is 1. The number of hydrogen-bond donors (Lipinski definition) is 3. The first-order chi connectivity index (χ1) is 15.1. The predicted molar refractivity (Wildman–Crippen MR) is 132 cm³/mol. The Kier molecular flexibility index (Phi) is 5.87. The molecule has 1 unspecified atom stereocenters. The fraction of sp³-hybridized carbons (Fsp3) is 0.480. The molecule has 5 rings (SSSR count). The van der Waals surface area contributed by atoms with Gasteiger partial charge in [-0.15, -0.1) is 11.3 Å². The van der Waals surface area contributed by atoms with Crippen molar-refractivity contribution in [3.63, 3.8) is 0 Å². The van der Waals surface area contributed by atoms with Crippen LogP contribution in [0.15, 0.2) is 36.4 Å². The third-order valence-electron chi connectivity index (χ3n) is 6.98. The average molecular weight is 436 g/mol. The Bertz CT molecular complexity index is 1040. The molecule has 164 valence electrons. The second-order valence-electron chi connectivity index (χ2n) is 9.10. The van der Waals surface area contributed by atoms with Crippen LogP contribution in [-0.2, 0) is 13.0 Å². The summed E-state index contributed by atoms with van der Waals surface area (Å²) in [6.07, 6.45) is 6.27. The van der Waals surface area contributed by atoms with Crippen molar-refractivity contribution >= 4 is 32.9 Å². The molecule has 0 bridgehead atoms. The fourth-order valence-corrected chi connectivity index (χ4v) is 6.39. The first-order valence-electron chi connectivity index (χ1n) is 11.6. The van der Waals surface area contributed by atoms with E-state index in [2.05, 4.69) is 50.8 Å². The Balaban J connectivity index is 1.16. The molecule has 5 nitrogen and oxygen atoms in total. The maximum atomic E-state index is 6.34. The van der Waals surface area contributed by atoms with Crippen LogP contribution >= 0.6 is 11.3 Å². The van der Waals surface area contributed by atoms with Gasteiger partial charge in [0.2, 0.25) is 0 Å². The zero-order valence-electron chi connectivity index (χ0n) is 18.4. The van der Waals surface area contributed by atoms with E-state index in [1.54, 1.807) is 11.3 Å². The van der Waals surface area contributed by atoms with Crippen LogP contribution in [0.4, 0.5) is 11.4 Å². The summed E-state index contributed by atoms with van der Waals surface area (Å²) in [4.78, 5) is 9.50. The lowest BCUT2D eigenvalue weighted by atomic mass is 9.87. The summed E-state index contributed by atoms with van der Waals surface area (Å²) in [7, 11) is 0. The standard InChI is InChI=1S/C25H33N5S/c1-18-4-9-21-23(26)22(31-24(21)29-18)16-27-14-10-19-5-7-20(8-6-19)30-15-3-12-25(30)11-2-13-28-17-25/h4-9,27-28H,2-3,10-17,26H2,1H3. The lowest BCUT2D eigenvalue weighted by Gasteiger charge is -2.43. The van der Waals surface area contributed by atoms with Crippen molar-refractivity contribution in [1.29, 1.82) is 0 Å². The lowest BCUT2D eigenvalue weighted by Crippen LogP contribution is -2.54. The normalized spacial score (nSPS) is 21.4. The van der Waals surface area contributed by atoms with Crippen LogP contribution in [0.2, 0.25) is 0 Å². The van der Waals surface area contributed by atoms with Gasteiger partial charge in [0.05, 0.1) is 11.2 Å². The number of nitrogens with zero attached hydrogens (tertiary/aromatic N) is 2. The third-order valence-corrected chi connectivity index (χ3v) is 8.10. The van der Waals surface area contributed by atoms with Crippen LogP contribution in [0.5, 0.6) is 0 Å². The van der Waals surface area contributed by atoms with Crippen LogP contribution in [0.3, 0.4) is 0 Å². The van der Waals surface area contributed by atoms with Crippen LogP contribution in [0.25, 0.3) is 10.2 Å². The number of rotatable bonds is 6. The second-order valence-corrected chi connectivity index (χ2v) is 10.2. The molecule has 0 radical (unpaired) electrons. The SMILES string of the molecule is Cc1ccc2c(N)c(CNCCc3ccc(N4CCCC45CCCNC5)cc3)sc2n1. The molecule has 2 saturated heterocycles. The summed E-state index contributed by atoms with van der Waals surface area (Å²) in [6.45, 7) is 7.26. The van der Waals surface area contributed by atoms with Gasteiger partial charge in [-0.3, -0.25) is 0 Å². The van der Waals surface area contributed by atoms with Crippen molar-refractivity contribution in [2.24, 2.45) is 0 Å². The van der Waals surface area contributed by atoms with E-state index in [0.29, 0.717) is 5.54 Å². The Morgan fingerprint density at radius 1 is 1.16 bits per heavy atom. The first kappa shape index (κ1) is 20.7. The van der Waals surface area contributed by atoms with E-state index in [-0.39, 0.29) is 0 Å². The Labute approximate surface area is 189 Å². The van der Waals surface area contributed by atoms with Crippen molar-refractivity contribution in [2.45, 2.75) is 51.1 Å². The Morgan fingerprint density at radius 3 is 2.81 bits per heavy atom. The average Bonchev–Trinajstić information content (AvgIpc) is 3.32. The molecule has 0 amide bonds. The van der Waals surface area contributed by atoms with Crippen LogP contribution < -0.4 is 21.3 Å². The molecule has 3 aromatic rings. The van der Waals surface area contributed by atoms with E-state index < -0.39 is 0 Å². The number of benzene rings is 1. The maximum Gasteiger partial charge on any atom is 0.125 e. The van der Waals surface area contributed by atoms with E-state index in [1.807, 2.05) is 13.0 Å². The van der Waals surface area contributed by atoms with Gasteiger partial charge in [-0.2, -0.15) is 0 Å². The van der Waals surface area contributed by atoms with Crippen molar-refractivity contribution in [3.8, 4) is 0 Å². The molecular formula is C25H33N5S. The van der Waals surface area contributed by atoms with Gasteiger partial charge in [-0.1, -0.05) is 12.1 Å². The number of aryl methyl sites for hydroxylation is 1. The highest BCUT2D eigenvalue weighted by Crippen LogP contribution is 2.38. The van der Waals surface area contributed by atoms with E-state index in [1.165, 1.54) is 54.9 Å². The summed E-state index contributed by atoms with van der Waals surface area (Å²) in [5, 5.41) is 8.28. The summed E-state index contributed by atoms with van der Waals surface area (Å²) in [5.41, 5.74) is 11.4. The molecule has 2 aliphatic rings. The highest BCUT2D eigenvalue weighted by molar-refractivity contribution is 7.19. The quantitative estimate of drug-likeness (QED) is 0.506. The molecule has 1 aromatic carbocycles. The van der Waals surface area contributed by atoms with E-state index in [4.69, 9.17) is 5.73 Å². The summed E-state index contributed by atoms with van der Waals surface area (Å²) >= 11 is 1.70. The maximum absolute atomic E-state index is 6.34. The molecule has 31 heavy (non-hydrogen) atoms. The Morgan fingerprint density at radius 2 is 2.00 bits per heavy atom. The molecule has 1 spiro atoms. The van der Waals surface area contributed by atoms with Gasteiger partial charge in [0.15, 0.2) is 0 Å². The first-order valence-corrected chi connectivity index (χ1v) is 12.4. The second kappa shape index (κ2) is 8.77. The minimum Gasteiger partial charge on any atom is -0.397 e. The number of nitrogens with one attached hydrogen (secondary N) is 2. The predicted octanol–water partition coefficient (Wildman–Crippen LogP) is 4.24. The highest BCUT2D eigenvalue weighted by Gasteiger charge is 2.41. The van der Waals surface area contributed by atoms with Gasteiger partial charge in [-0.05, 0) is 81.9 Å². The molecule has 4 N–H and O–H groups in total. The zero-order chi connectivity index (χ0) is 21.3. The summed E-state index contributed by atoms with van der Waals surface area (Å²) in [6, 6.07) is 13.4. The summed E-state index contributed by atoms with van der Waals surface area (Å²) < 4.78 is 0. The van der Waals surface area contributed by atoms with Gasteiger partial charge in [0.1, 0.15) is 4.83 Å². The number of piperidine rings is 1. The van der Waals surface area contributed by atoms with Gasteiger partial charge >= 0.3 is 0 Å². The van der Waals surface area contributed by atoms with Crippen LogP contribution in [0.1, 0.15) is 41.8 Å². The monoisotopic (exact) mass is 435 g/mol. The molecule has 2 aromatic heterocycles. The summed E-state index contributed by atoms with van der Waals surface area (Å²) in [5.74, 6) is 0. The highest BCUT2D eigenvalue weighted by atomic mass is 32.1. The topological polar surface area (TPSA) is 66.2 Å². The third kappa shape index (κ3) is 4.16. The zero-order valence-corrected chi connectivity index (χ0v) is 19.2. The molecule has 4 heterocycles. The number of aromatic nitrogens is 1. The van der Waals surface area contributed by atoms with Gasteiger partial charge < -0.3 is 21.3 Å². The number of nitrogen functional groups attached to an aromatic ring is 1. The van der Waals surface area contributed by atoms with Gasteiger partial charge in [-0.25, -0.2) is 4.98 Å². The van der Waals surface area contributed by atoms with E-state index in [0.717, 1.165) is 47.7 Å². The largest absolute Gasteiger partial charge is 0.397 e. The molecule has 2 fully saturated rings. The van der Waals surface area contributed by atoms with E-state index in [9.17, 15) is 0 Å². The smallest absolute Gasteiger partial charge is 0.125 e. The minimum atomic E-state index is 0.346. The van der Waals surface area contributed by atoms with Crippen molar-refractivity contribution in [2.75, 3.05) is 36.8 Å². The van der Waals surface area contributed by atoms with Gasteiger partial charge in [0.25, 0.3) is 0 Å². The number of hydrogen-bond acceptors (Lipinski definition) is 6. The minimum absolute atomic E-state index is 0.346. The van der Waals surface area contributed by atoms with Gasteiger partial charge in [0, 0.05) is 41.3 Å². The van der Waals surface area contributed by atoms with Crippen molar-refractivity contribution in [3.05, 3.63) is 52.5 Å². The fourth-order valence-electron chi connectivity index (χ4n) is 5.28. The molecular weight excluding hydrogens is 402 g/mol. The van der Waals surface area contributed by atoms with Crippen LogP contribution in [0, 0.1) is 6.92 Å². The Hall–Kier alpha value is -2.15. The lowest BCUT2D eigenvalue weighted by molar-refractivity contribution is 0.316. The molecule has 0 aliphatic carbocycles. The molecule has 1 atom stereocenters. The molecule has 6 heteroatoms. The number of thiophene rings is 1. The van der Waals surface area contributed by atoms with E-state index >= 15 is 0 Å². The molecule has 2 aliphatic heterocycles. The van der Waals surface area contributed by atoms with Crippen molar-refractivity contribution in [1.82, 2.24) is 15.6 Å². The van der Waals surface area contributed by atoms with Crippen molar-refractivity contribution < 1.29 is 0 Å². The number of fused-ring (bicyclic) bond motifs is 1. The number of pyridine rings is 1. The molecule has 0 saturated carbocycles. The number of anilines is 2. The van der Waals surface area contributed by atoms with Crippen LogP contribution in [-0.4, -0.2) is 36.7 Å².